The van der Waals surface area contributed by atoms with Crippen LogP contribution in [0, 0.1) is 11.8 Å². The first-order valence-electron chi connectivity index (χ1n) is 16.7. The fourth-order valence-electron chi connectivity index (χ4n) is 5.06. The van der Waals surface area contributed by atoms with E-state index in [0.717, 1.165) is 48.0 Å². The zero-order valence-corrected chi connectivity index (χ0v) is 28.9. The molecule has 0 N–H and O–H groups in total. The maximum atomic E-state index is 9.17. The van der Waals surface area contributed by atoms with Crippen molar-refractivity contribution in [1.82, 2.24) is 0 Å². The van der Waals surface area contributed by atoms with Gasteiger partial charge in [-0.15, -0.1) is 4.79 Å². The molecule has 0 heterocycles. The molecule has 43 heavy (non-hydrogen) atoms. The van der Waals surface area contributed by atoms with E-state index in [1.165, 1.54) is 94.6 Å². The average molecular weight is 626 g/mol. The van der Waals surface area contributed by atoms with Crippen molar-refractivity contribution in [3.05, 3.63) is 88.0 Å². The van der Waals surface area contributed by atoms with Crippen LogP contribution in [0.3, 0.4) is 0 Å². The molecule has 0 aliphatic carbocycles. The van der Waals surface area contributed by atoms with Crippen LogP contribution in [0.15, 0.2) is 60.2 Å². The van der Waals surface area contributed by atoms with Gasteiger partial charge in [0.05, 0.1) is 6.08 Å². The predicted molar refractivity (Wildman–Crippen MR) is 185 cm³/mol. The number of rotatable bonds is 19. The third-order valence-corrected chi connectivity index (χ3v) is 7.54. The Morgan fingerprint density at radius 3 is 1.58 bits per heavy atom. The Bertz CT molecular complexity index is 1150. The summed E-state index contributed by atoms with van der Waals surface area (Å²) in [6.07, 6.45) is 22.7. The van der Waals surface area contributed by atoms with Gasteiger partial charge < -0.3 is 5.53 Å². The van der Waals surface area contributed by atoms with Gasteiger partial charge in [-0.2, -0.15) is 0 Å². The van der Waals surface area contributed by atoms with Crippen molar-refractivity contribution in [2.24, 2.45) is 0 Å². The standard InChI is InChI=1S/C38H52N2.2CH3.Ni/c1-4-7-10-12-13-14-15-16-17-19-22-35(31-32-40-39)38(36-27-23-33(24-28-36)20-9-6-3)37-29-25-34(26-30-37)21-18-11-8-5-2;;;/h23-31H,4-18,20-21H2,1-3H3;2*1H3;. The second-order valence-electron chi connectivity index (χ2n) is 11.3. The summed E-state index contributed by atoms with van der Waals surface area (Å²) in [6, 6.07) is 17.9. The number of aryl methyl sites for hydroxylation is 2. The Kier molecular flexibility index (Phi) is 24.1. The Morgan fingerprint density at radius 2 is 1.09 bits per heavy atom. The Labute approximate surface area is 271 Å². The van der Waals surface area contributed by atoms with Crippen LogP contribution in [0.1, 0.15) is 139 Å². The van der Waals surface area contributed by atoms with Crippen LogP contribution >= 0.6 is 0 Å². The Morgan fingerprint density at radius 1 is 0.651 bits per heavy atom. The zero-order valence-electron chi connectivity index (χ0n) is 27.9. The van der Waals surface area contributed by atoms with Crippen molar-refractivity contribution in [2.75, 3.05) is 0 Å². The summed E-state index contributed by atoms with van der Waals surface area (Å²) in [4.78, 5) is 3.15. The van der Waals surface area contributed by atoms with Gasteiger partial charge in [-0.3, -0.25) is 0 Å². The summed E-state index contributed by atoms with van der Waals surface area (Å²) >= 11 is 1.62. The van der Waals surface area contributed by atoms with Crippen LogP contribution in [0.4, 0.5) is 0 Å². The molecule has 0 aliphatic rings. The molecule has 0 bridgehead atoms. The van der Waals surface area contributed by atoms with Crippen LogP contribution in [-0.4, -0.2) is 10.7 Å². The van der Waals surface area contributed by atoms with Gasteiger partial charge in [-0.05, 0) is 54.4 Å². The molecule has 0 amide bonds. The molecule has 0 aromatic heterocycles. The monoisotopic (exact) mass is 624 g/mol. The number of nitrogens with zero attached hydrogens (tertiary/aromatic N) is 2. The summed E-state index contributed by atoms with van der Waals surface area (Å²) in [5.74, 6) is 13.6. The fourth-order valence-corrected chi connectivity index (χ4v) is 5.06. The van der Waals surface area contributed by atoms with Crippen molar-refractivity contribution in [3.8, 4) is 11.8 Å². The van der Waals surface area contributed by atoms with Crippen LogP contribution < -0.4 is 0 Å². The van der Waals surface area contributed by atoms with E-state index >= 15 is 0 Å². The van der Waals surface area contributed by atoms with Gasteiger partial charge in [0.2, 0.25) is 0 Å². The first kappa shape index (κ1) is 38.4. The number of benzene rings is 2. The molecular weight excluding hydrogens is 567 g/mol. The third kappa shape index (κ3) is 18.0. The summed E-state index contributed by atoms with van der Waals surface area (Å²) in [5, 5.41) is 0. The molecule has 0 aliphatic heterocycles. The van der Waals surface area contributed by atoms with Crippen molar-refractivity contribution in [2.45, 2.75) is 142 Å². The van der Waals surface area contributed by atoms with Gasteiger partial charge in [0, 0.05) is 17.6 Å². The molecule has 0 atom stereocenters. The Balaban J connectivity index is 0.00000295. The minimum atomic E-state index is 0.842. The second kappa shape index (κ2) is 27.0. The molecule has 0 saturated carbocycles. The van der Waals surface area contributed by atoms with E-state index in [1.807, 2.05) is 0 Å². The number of hydrogen-bond acceptors (Lipinski definition) is 0. The van der Waals surface area contributed by atoms with Crippen LogP contribution in [0.2, 0.25) is 11.8 Å². The predicted octanol–water partition coefficient (Wildman–Crippen LogP) is 12.1. The van der Waals surface area contributed by atoms with Gasteiger partial charge in [-0.25, -0.2) is 0 Å². The van der Waals surface area contributed by atoms with Crippen LogP contribution in [0.5, 0.6) is 0 Å². The first-order valence-corrected chi connectivity index (χ1v) is 18.7. The van der Waals surface area contributed by atoms with E-state index in [9.17, 15) is 5.53 Å². The molecule has 0 radical (unpaired) electrons. The summed E-state index contributed by atoms with van der Waals surface area (Å²) < 4.78 is 0. The topological polar surface area (TPSA) is 36.4 Å². The number of allylic oxidation sites excluding steroid dienone is 2. The first-order chi connectivity index (χ1) is 21.1. The van der Waals surface area contributed by atoms with Crippen LogP contribution in [-0.2, 0) is 27.3 Å². The molecule has 238 valence electrons. The van der Waals surface area contributed by atoms with Crippen molar-refractivity contribution < 1.29 is 19.2 Å². The van der Waals surface area contributed by atoms with Gasteiger partial charge in [-0.1, -0.05) is 152 Å². The quantitative estimate of drug-likeness (QED) is 0.0283. The van der Waals surface area contributed by atoms with E-state index in [-0.39, 0.29) is 0 Å². The van der Waals surface area contributed by atoms with Crippen LogP contribution in [0.25, 0.3) is 11.1 Å². The molecule has 0 saturated heterocycles. The van der Waals surface area contributed by atoms with Gasteiger partial charge in [0.15, 0.2) is 0 Å². The summed E-state index contributed by atoms with van der Waals surface area (Å²) in [5.41, 5.74) is 16.1. The molecule has 0 fully saturated rings. The molecule has 2 nitrogen and oxygen atoms in total. The van der Waals surface area contributed by atoms with Crippen molar-refractivity contribution in [3.63, 3.8) is 0 Å². The third-order valence-electron chi connectivity index (χ3n) is 7.54. The SMILES string of the molecule is CCCCCCCCCCC#CC(C=C=[N+]=[N-])=C(c1ccc(CCCC)cc1)c1ccc(CCCCCC)cc1.[CH3][Ni][CH3]. The number of hydrogen-bond donors (Lipinski definition) is 0. The van der Waals surface area contributed by atoms with Crippen molar-refractivity contribution >= 4 is 11.4 Å². The van der Waals surface area contributed by atoms with E-state index in [1.54, 1.807) is 20.5 Å². The normalized spacial score (nSPS) is 10.9. The van der Waals surface area contributed by atoms with Gasteiger partial charge in [0.1, 0.15) is 0 Å². The fraction of sp³-hybridized carbons (Fsp3) is 0.550. The second-order valence-corrected chi connectivity index (χ2v) is 12.3. The van der Waals surface area contributed by atoms with Gasteiger partial charge in [0.25, 0.3) is 0 Å². The molecule has 0 unspecified atom stereocenters. The summed E-state index contributed by atoms with van der Waals surface area (Å²) in [7, 11) is 0. The average Bonchev–Trinajstić information content (AvgIpc) is 3.03. The molecule has 3 heteroatoms. The van der Waals surface area contributed by atoms with E-state index in [2.05, 4.69) is 104 Å². The molecule has 0 spiro atoms. The maximum absolute atomic E-state index is 9.17. The van der Waals surface area contributed by atoms with Crippen molar-refractivity contribution in [1.29, 1.82) is 0 Å². The number of unbranched alkanes of at least 4 members (excludes halogenated alkanes) is 12. The summed E-state index contributed by atoms with van der Waals surface area (Å²) in [6.45, 7) is 6.75. The molecule has 2 rings (SSSR count). The minimum absolute atomic E-state index is 0.842. The molecule has 2 aromatic rings. The molecule has 2 aromatic carbocycles. The zero-order chi connectivity index (χ0) is 31.4. The molecular formula is C40H58N2Ni. The van der Waals surface area contributed by atoms with E-state index < -0.39 is 0 Å². The van der Waals surface area contributed by atoms with E-state index in [0.29, 0.717) is 0 Å². The van der Waals surface area contributed by atoms with E-state index in [4.69, 9.17) is 0 Å². The Hall–Kier alpha value is -2.61. The van der Waals surface area contributed by atoms with Gasteiger partial charge >= 0.3 is 32.1 Å².